The van der Waals surface area contributed by atoms with Crippen molar-refractivity contribution in [2.45, 2.75) is 32.8 Å². The molecule has 0 aliphatic carbocycles. The molecule has 1 aromatic heterocycles. The Labute approximate surface area is 188 Å². The predicted molar refractivity (Wildman–Crippen MR) is 124 cm³/mol. The molecular weight excluding hydrogens is 491 g/mol. The van der Waals surface area contributed by atoms with Crippen LogP contribution in [0.2, 0.25) is 0 Å². The highest BCUT2D eigenvalue weighted by Gasteiger charge is 2.29. The summed E-state index contributed by atoms with van der Waals surface area (Å²) in [6.07, 6.45) is 2.54. The molecule has 2 aliphatic rings. The molecule has 2 N–H and O–H groups in total. The van der Waals surface area contributed by atoms with Gasteiger partial charge in [0.15, 0.2) is 11.1 Å². The highest BCUT2D eigenvalue weighted by molar-refractivity contribution is 14.0. The zero-order valence-corrected chi connectivity index (χ0v) is 20.0. The van der Waals surface area contributed by atoms with Crippen LogP contribution in [-0.4, -0.2) is 78.3 Å². The van der Waals surface area contributed by atoms with Gasteiger partial charge >= 0.3 is 6.09 Å². The molecule has 0 bridgehead atoms. The first-order valence-corrected chi connectivity index (χ1v) is 10.4. The Morgan fingerprint density at radius 2 is 2.00 bits per heavy atom. The molecule has 2 saturated heterocycles. The SMILES string of the molecule is CC(C)(C)OC(=O)N1CCC(CN=C(N)N2CCN(c3nccs3)CC2)C1.I. The number of carbonyl (C=O) groups is 1. The number of halogens is 1. The number of guanidine groups is 1. The number of carbonyl (C=O) groups excluding carboxylic acids is 1. The summed E-state index contributed by atoms with van der Waals surface area (Å²) in [5.41, 5.74) is 5.75. The number of ether oxygens (including phenoxy) is 1. The standard InChI is InChI=1S/C18H30N6O2S.HI/c1-18(2,3)26-17(25)24-6-4-14(13-24)12-21-15(19)22-7-9-23(10-8-22)16-20-5-11-27-16;/h5,11,14H,4,6-10,12-13H2,1-3H3,(H2,19,21);1H. The third-order valence-electron chi connectivity index (χ3n) is 4.74. The fourth-order valence-corrected chi connectivity index (χ4v) is 3.99. The second-order valence-corrected chi connectivity index (χ2v) is 8.94. The molecular formula is C18H31IN6O2S. The Morgan fingerprint density at radius 1 is 1.29 bits per heavy atom. The molecule has 1 unspecified atom stereocenters. The van der Waals surface area contributed by atoms with Gasteiger partial charge in [-0.25, -0.2) is 9.78 Å². The molecule has 3 rings (SSSR count). The van der Waals surface area contributed by atoms with Gasteiger partial charge in [0.05, 0.1) is 0 Å². The Morgan fingerprint density at radius 3 is 2.61 bits per heavy atom. The molecule has 1 aromatic rings. The highest BCUT2D eigenvalue weighted by Crippen LogP contribution is 2.21. The van der Waals surface area contributed by atoms with Crippen molar-refractivity contribution in [2.75, 3.05) is 50.7 Å². The number of thiazole rings is 1. The molecule has 0 saturated carbocycles. The molecule has 1 atom stereocenters. The summed E-state index contributed by atoms with van der Waals surface area (Å²) in [6, 6.07) is 0. The number of hydrogen-bond donors (Lipinski definition) is 1. The number of nitrogens with zero attached hydrogens (tertiary/aromatic N) is 5. The van der Waals surface area contributed by atoms with Crippen molar-refractivity contribution >= 4 is 52.5 Å². The number of aliphatic imine (C=N–C) groups is 1. The second-order valence-electron chi connectivity index (χ2n) is 8.07. The lowest BCUT2D eigenvalue weighted by atomic mass is 10.1. The summed E-state index contributed by atoms with van der Waals surface area (Å²) in [5, 5.41) is 3.07. The van der Waals surface area contributed by atoms with E-state index >= 15 is 0 Å². The van der Waals surface area contributed by atoms with Crippen molar-refractivity contribution < 1.29 is 9.53 Å². The van der Waals surface area contributed by atoms with E-state index in [1.807, 2.05) is 32.3 Å². The number of aromatic nitrogens is 1. The quantitative estimate of drug-likeness (QED) is 0.373. The first-order valence-electron chi connectivity index (χ1n) is 9.49. The minimum absolute atomic E-state index is 0. The molecule has 28 heavy (non-hydrogen) atoms. The first kappa shape index (κ1) is 23.0. The van der Waals surface area contributed by atoms with Crippen LogP contribution < -0.4 is 10.6 Å². The average Bonchev–Trinajstić information content (AvgIpc) is 3.30. The molecule has 8 nitrogen and oxygen atoms in total. The van der Waals surface area contributed by atoms with Crippen LogP contribution in [0.25, 0.3) is 0 Å². The Balaban J connectivity index is 0.00000280. The van der Waals surface area contributed by atoms with E-state index in [9.17, 15) is 4.79 Å². The van der Waals surface area contributed by atoms with Crippen LogP contribution in [0.5, 0.6) is 0 Å². The van der Waals surface area contributed by atoms with Crippen molar-refractivity contribution in [3.05, 3.63) is 11.6 Å². The third kappa shape index (κ3) is 6.36. The minimum Gasteiger partial charge on any atom is -0.444 e. The lowest BCUT2D eigenvalue weighted by Gasteiger charge is -2.35. The molecule has 2 fully saturated rings. The van der Waals surface area contributed by atoms with Gasteiger partial charge in [-0.3, -0.25) is 4.99 Å². The van der Waals surface area contributed by atoms with Gasteiger partial charge in [-0.15, -0.1) is 35.3 Å². The summed E-state index contributed by atoms with van der Waals surface area (Å²) in [7, 11) is 0. The van der Waals surface area contributed by atoms with Gasteiger partial charge in [0.2, 0.25) is 0 Å². The Kier molecular flexibility index (Phi) is 8.17. The lowest BCUT2D eigenvalue weighted by molar-refractivity contribution is 0.0289. The number of likely N-dealkylation sites (tertiary alicyclic amines) is 1. The number of rotatable bonds is 3. The van der Waals surface area contributed by atoms with Crippen molar-refractivity contribution in [3.8, 4) is 0 Å². The molecule has 0 radical (unpaired) electrons. The van der Waals surface area contributed by atoms with Crippen LogP contribution in [0, 0.1) is 5.92 Å². The summed E-state index contributed by atoms with van der Waals surface area (Å²) >= 11 is 1.66. The number of amides is 1. The van der Waals surface area contributed by atoms with Crippen LogP contribution in [0.15, 0.2) is 16.6 Å². The Bertz CT molecular complexity index is 656. The van der Waals surface area contributed by atoms with Gasteiger partial charge in [-0.1, -0.05) is 0 Å². The van der Waals surface area contributed by atoms with Gasteiger partial charge in [0, 0.05) is 57.4 Å². The Hall–Kier alpha value is -1.30. The summed E-state index contributed by atoms with van der Waals surface area (Å²) in [5.74, 6) is 0.942. The molecule has 3 heterocycles. The fraction of sp³-hybridized carbons (Fsp3) is 0.722. The van der Waals surface area contributed by atoms with Crippen molar-refractivity contribution in [2.24, 2.45) is 16.6 Å². The number of nitrogens with two attached hydrogens (primary N) is 1. The lowest BCUT2D eigenvalue weighted by Crippen LogP contribution is -2.51. The van der Waals surface area contributed by atoms with E-state index < -0.39 is 5.60 Å². The van der Waals surface area contributed by atoms with Crippen molar-refractivity contribution in [3.63, 3.8) is 0 Å². The molecule has 0 aromatic carbocycles. The van der Waals surface area contributed by atoms with Crippen LogP contribution >= 0.6 is 35.3 Å². The monoisotopic (exact) mass is 522 g/mol. The number of piperazine rings is 1. The van der Waals surface area contributed by atoms with Crippen LogP contribution in [0.3, 0.4) is 0 Å². The van der Waals surface area contributed by atoms with E-state index in [-0.39, 0.29) is 30.1 Å². The van der Waals surface area contributed by atoms with Crippen LogP contribution in [0.4, 0.5) is 9.93 Å². The van der Waals surface area contributed by atoms with E-state index in [4.69, 9.17) is 10.5 Å². The summed E-state index contributed by atoms with van der Waals surface area (Å²) < 4.78 is 5.44. The number of anilines is 1. The van der Waals surface area contributed by atoms with Gasteiger partial charge < -0.3 is 25.2 Å². The van der Waals surface area contributed by atoms with Crippen LogP contribution in [0.1, 0.15) is 27.2 Å². The van der Waals surface area contributed by atoms with Crippen molar-refractivity contribution in [1.82, 2.24) is 14.8 Å². The minimum atomic E-state index is -0.460. The van der Waals surface area contributed by atoms with E-state index in [0.29, 0.717) is 25.0 Å². The zero-order valence-electron chi connectivity index (χ0n) is 16.8. The average molecular weight is 522 g/mol. The zero-order chi connectivity index (χ0) is 19.4. The number of hydrogen-bond acceptors (Lipinski definition) is 6. The highest BCUT2D eigenvalue weighted by atomic mass is 127. The molecule has 1 amide bonds. The van der Waals surface area contributed by atoms with Crippen LogP contribution in [-0.2, 0) is 4.74 Å². The molecule has 158 valence electrons. The normalized spacial score (nSPS) is 20.9. The maximum absolute atomic E-state index is 12.1. The largest absolute Gasteiger partial charge is 0.444 e. The molecule has 2 aliphatic heterocycles. The maximum Gasteiger partial charge on any atom is 0.410 e. The molecule has 10 heteroatoms. The fourth-order valence-electron chi connectivity index (χ4n) is 3.30. The van der Waals surface area contributed by atoms with Gasteiger partial charge in [-0.05, 0) is 33.1 Å². The summed E-state index contributed by atoms with van der Waals surface area (Å²) in [6.45, 7) is 11.2. The first-order chi connectivity index (χ1) is 12.8. The van der Waals surface area contributed by atoms with E-state index in [1.165, 1.54) is 0 Å². The smallest absolute Gasteiger partial charge is 0.410 e. The van der Waals surface area contributed by atoms with Gasteiger partial charge in [-0.2, -0.15) is 0 Å². The topological polar surface area (TPSA) is 87.3 Å². The third-order valence-corrected chi connectivity index (χ3v) is 5.57. The van der Waals surface area contributed by atoms with Gasteiger partial charge in [0.25, 0.3) is 0 Å². The van der Waals surface area contributed by atoms with E-state index in [0.717, 1.165) is 44.3 Å². The van der Waals surface area contributed by atoms with Crippen molar-refractivity contribution in [1.29, 1.82) is 0 Å². The maximum atomic E-state index is 12.1. The van der Waals surface area contributed by atoms with E-state index in [2.05, 4.69) is 19.8 Å². The van der Waals surface area contributed by atoms with E-state index in [1.54, 1.807) is 16.2 Å². The summed E-state index contributed by atoms with van der Waals surface area (Å²) in [4.78, 5) is 27.3. The van der Waals surface area contributed by atoms with Gasteiger partial charge in [0.1, 0.15) is 5.60 Å². The molecule has 0 spiro atoms. The second kappa shape index (κ2) is 9.95. The predicted octanol–water partition coefficient (Wildman–Crippen LogP) is 2.45.